The van der Waals surface area contributed by atoms with Crippen LogP contribution < -0.4 is 0 Å². The Morgan fingerprint density at radius 1 is 1.16 bits per heavy atom. The highest BCUT2D eigenvalue weighted by Crippen LogP contribution is 2.23. The number of nitrogens with zero attached hydrogens (tertiary/aromatic N) is 4. The Bertz CT molecular complexity index is 424. The smallest absolute Gasteiger partial charge is 0.133 e. The minimum absolute atomic E-state index is 0.676. The lowest BCUT2D eigenvalue weighted by molar-refractivity contribution is 0.138. The van der Waals surface area contributed by atoms with E-state index in [-0.39, 0.29) is 0 Å². The number of piperidine rings is 1. The molecule has 1 unspecified atom stereocenters. The third kappa shape index (κ3) is 2.83. The Hall–Kier alpha value is -0.900. The molecular weight excluding hydrogens is 236 g/mol. The monoisotopic (exact) mass is 262 g/mol. The highest BCUT2D eigenvalue weighted by atomic mass is 15.3. The fourth-order valence-electron chi connectivity index (χ4n) is 3.51. The average Bonchev–Trinajstić information content (AvgIpc) is 2.83. The van der Waals surface area contributed by atoms with Crippen molar-refractivity contribution in [2.24, 2.45) is 5.92 Å². The van der Waals surface area contributed by atoms with Gasteiger partial charge in [0.25, 0.3) is 0 Å². The first-order valence-electron chi connectivity index (χ1n) is 7.89. The van der Waals surface area contributed by atoms with Gasteiger partial charge in [-0.2, -0.15) is 0 Å². The second-order valence-electron chi connectivity index (χ2n) is 6.44. The summed E-state index contributed by atoms with van der Waals surface area (Å²) in [5.74, 6) is 3.23. The van der Waals surface area contributed by atoms with E-state index < -0.39 is 0 Å². The molecule has 1 saturated heterocycles. The average molecular weight is 262 g/mol. The summed E-state index contributed by atoms with van der Waals surface area (Å²) in [5, 5.41) is 8.83. The summed E-state index contributed by atoms with van der Waals surface area (Å²) in [6.45, 7) is 8.26. The van der Waals surface area contributed by atoms with Crippen molar-refractivity contribution in [1.82, 2.24) is 19.7 Å². The van der Waals surface area contributed by atoms with Crippen LogP contribution in [-0.4, -0.2) is 38.8 Å². The first kappa shape index (κ1) is 13.1. The molecule has 3 heterocycles. The zero-order valence-corrected chi connectivity index (χ0v) is 12.3. The maximum absolute atomic E-state index is 4.46. The highest BCUT2D eigenvalue weighted by Gasteiger charge is 2.24. The molecule has 2 aliphatic heterocycles. The summed E-state index contributed by atoms with van der Waals surface area (Å²) < 4.78 is 2.39. The van der Waals surface area contributed by atoms with Crippen LogP contribution in [0.15, 0.2) is 0 Å². The fraction of sp³-hybridized carbons (Fsp3) is 0.867. The first-order valence-corrected chi connectivity index (χ1v) is 7.89. The molecule has 0 saturated carbocycles. The minimum Gasteiger partial charge on any atom is -0.315 e. The Morgan fingerprint density at radius 2 is 2.05 bits per heavy atom. The number of aromatic nitrogens is 3. The van der Waals surface area contributed by atoms with Crippen LogP contribution in [0.3, 0.4) is 0 Å². The molecule has 19 heavy (non-hydrogen) atoms. The van der Waals surface area contributed by atoms with Gasteiger partial charge in [-0.25, -0.2) is 0 Å². The van der Waals surface area contributed by atoms with Crippen LogP contribution in [0.5, 0.6) is 0 Å². The number of fused-ring (bicyclic) bond motifs is 1. The molecule has 1 atom stereocenters. The van der Waals surface area contributed by atoms with Crippen LogP contribution in [0.4, 0.5) is 0 Å². The van der Waals surface area contributed by atoms with E-state index in [1.165, 1.54) is 50.4 Å². The minimum atomic E-state index is 0.676. The number of aryl methyl sites for hydroxylation is 1. The normalized spacial score (nSPS) is 24.7. The molecule has 0 aliphatic carbocycles. The standard InChI is InChI=1S/C15H26N4/c1-12(2)18-8-5-6-13(11-18)10-15-17-16-14-7-3-4-9-19(14)15/h12-13H,3-11H2,1-2H3. The first-order chi connectivity index (χ1) is 9.24. The van der Waals surface area contributed by atoms with E-state index in [4.69, 9.17) is 0 Å². The zero-order valence-electron chi connectivity index (χ0n) is 12.3. The Labute approximate surface area is 116 Å². The molecule has 3 rings (SSSR count). The van der Waals surface area contributed by atoms with E-state index in [1.807, 2.05) is 0 Å². The molecule has 0 N–H and O–H groups in total. The van der Waals surface area contributed by atoms with E-state index in [9.17, 15) is 0 Å². The molecule has 4 nitrogen and oxygen atoms in total. The largest absolute Gasteiger partial charge is 0.315 e. The van der Waals surface area contributed by atoms with Crippen molar-refractivity contribution in [3.05, 3.63) is 11.6 Å². The molecule has 0 aromatic carbocycles. The van der Waals surface area contributed by atoms with Crippen molar-refractivity contribution in [2.45, 2.75) is 65.0 Å². The topological polar surface area (TPSA) is 34.0 Å². The number of hydrogen-bond donors (Lipinski definition) is 0. The number of rotatable bonds is 3. The zero-order chi connectivity index (χ0) is 13.2. The van der Waals surface area contributed by atoms with Gasteiger partial charge in [0.1, 0.15) is 11.6 Å². The quantitative estimate of drug-likeness (QED) is 0.838. The van der Waals surface area contributed by atoms with Gasteiger partial charge in [-0.1, -0.05) is 0 Å². The predicted molar refractivity (Wildman–Crippen MR) is 76.1 cm³/mol. The molecule has 106 valence electrons. The van der Waals surface area contributed by atoms with Gasteiger partial charge in [0, 0.05) is 32.0 Å². The highest BCUT2D eigenvalue weighted by molar-refractivity contribution is 5.00. The summed E-state index contributed by atoms with van der Waals surface area (Å²) in [7, 11) is 0. The van der Waals surface area contributed by atoms with Crippen molar-refractivity contribution in [3.8, 4) is 0 Å². The second kappa shape index (κ2) is 5.61. The number of hydrogen-bond acceptors (Lipinski definition) is 3. The molecule has 0 radical (unpaired) electrons. The second-order valence-corrected chi connectivity index (χ2v) is 6.44. The number of likely N-dealkylation sites (tertiary alicyclic amines) is 1. The van der Waals surface area contributed by atoms with E-state index in [0.29, 0.717) is 6.04 Å². The van der Waals surface area contributed by atoms with Crippen LogP contribution in [0.1, 0.15) is 51.2 Å². The summed E-state index contributed by atoms with van der Waals surface area (Å²) in [4.78, 5) is 2.61. The molecule has 2 aliphatic rings. The Balaban J connectivity index is 1.66. The van der Waals surface area contributed by atoms with Gasteiger partial charge in [0.2, 0.25) is 0 Å². The lowest BCUT2D eigenvalue weighted by Crippen LogP contribution is -2.40. The molecule has 0 spiro atoms. The lowest BCUT2D eigenvalue weighted by Gasteiger charge is -2.35. The molecule has 0 bridgehead atoms. The third-order valence-corrected chi connectivity index (χ3v) is 4.69. The maximum atomic E-state index is 4.46. The molecule has 4 heteroatoms. The van der Waals surface area contributed by atoms with Gasteiger partial charge in [-0.3, -0.25) is 0 Å². The van der Waals surface area contributed by atoms with Gasteiger partial charge in [-0.15, -0.1) is 10.2 Å². The van der Waals surface area contributed by atoms with Crippen LogP contribution in [0, 0.1) is 5.92 Å². The van der Waals surface area contributed by atoms with E-state index in [1.54, 1.807) is 0 Å². The molecular formula is C15H26N4. The third-order valence-electron chi connectivity index (χ3n) is 4.69. The van der Waals surface area contributed by atoms with Crippen molar-refractivity contribution in [2.75, 3.05) is 13.1 Å². The predicted octanol–water partition coefficient (Wildman–Crippen LogP) is 2.28. The summed E-state index contributed by atoms with van der Waals surface area (Å²) in [5.41, 5.74) is 0. The van der Waals surface area contributed by atoms with Gasteiger partial charge in [-0.05, 0) is 52.0 Å². The fourth-order valence-corrected chi connectivity index (χ4v) is 3.51. The van der Waals surface area contributed by atoms with Crippen molar-refractivity contribution >= 4 is 0 Å². The molecule has 0 amide bonds. The van der Waals surface area contributed by atoms with Crippen molar-refractivity contribution < 1.29 is 0 Å². The van der Waals surface area contributed by atoms with Crippen LogP contribution in [-0.2, 0) is 19.4 Å². The van der Waals surface area contributed by atoms with Gasteiger partial charge >= 0.3 is 0 Å². The molecule has 1 aromatic heterocycles. The van der Waals surface area contributed by atoms with Gasteiger partial charge in [0.05, 0.1) is 0 Å². The molecule has 1 aromatic rings. The van der Waals surface area contributed by atoms with Gasteiger partial charge < -0.3 is 9.47 Å². The molecule has 1 fully saturated rings. The summed E-state index contributed by atoms with van der Waals surface area (Å²) in [6, 6.07) is 0.676. The maximum Gasteiger partial charge on any atom is 0.133 e. The van der Waals surface area contributed by atoms with Gasteiger partial charge in [0.15, 0.2) is 0 Å². The Morgan fingerprint density at radius 3 is 2.89 bits per heavy atom. The Kier molecular flexibility index (Phi) is 3.87. The SMILES string of the molecule is CC(C)N1CCCC(Cc2nnc3n2CCCC3)C1. The van der Waals surface area contributed by atoms with E-state index in [2.05, 4.69) is 33.5 Å². The van der Waals surface area contributed by atoms with E-state index >= 15 is 0 Å². The van der Waals surface area contributed by atoms with Crippen LogP contribution in [0.25, 0.3) is 0 Å². The van der Waals surface area contributed by atoms with Crippen LogP contribution >= 0.6 is 0 Å². The van der Waals surface area contributed by atoms with Crippen molar-refractivity contribution in [3.63, 3.8) is 0 Å². The van der Waals surface area contributed by atoms with Crippen molar-refractivity contribution in [1.29, 1.82) is 0 Å². The summed E-state index contributed by atoms with van der Waals surface area (Å²) >= 11 is 0. The lowest BCUT2D eigenvalue weighted by atomic mass is 9.93. The van der Waals surface area contributed by atoms with Crippen LogP contribution in [0.2, 0.25) is 0 Å². The van der Waals surface area contributed by atoms with E-state index in [0.717, 1.165) is 25.3 Å². The summed E-state index contributed by atoms with van der Waals surface area (Å²) in [6.07, 6.45) is 7.50.